The highest BCUT2D eigenvalue weighted by molar-refractivity contribution is 6.30. The van der Waals surface area contributed by atoms with Gasteiger partial charge in [0.2, 0.25) is 5.76 Å². The zero-order valence-electron chi connectivity index (χ0n) is 17.1. The molecule has 1 aromatic heterocycles. The van der Waals surface area contributed by atoms with Gasteiger partial charge in [-0.25, -0.2) is 4.98 Å². The summed E-state index contributed by atoms with van der Waals surface area (Å²) >= 11 is 5.99. The lowest BCUT2D eigenvalue weighted by Gasteiger charge is -2.63. The summed E-state index contributed by atoms with van der Waals surface area (Å²) in [4.78, 5) is 29.4. The van der Waals surface area contributed by atoms with Gasteiger partial charge in [-0.3, -0.25) is 9.59 Å². The van der Waals surface area contributed by atoms with Crippen molar-refractivity contribution in [2.75, 3.05) is 0 Å². The minimum Gasteiger partial charge on any atom is -0.480 e. The van der Waals surface area contributed by atoms with E-state index in [1.807, 2.05) is 6.92 Å². The minimum absolute atomic E-state index is 0.0162. The number of ether oxygens (including phenoxy) is 1. The largest absolute Gasteiger partial charge is 0.480 e. The third-order valence-corrected chi connectivity index (χ3v) is 7.01. The van der Waals surface area contributed by atoms with Crippen LogP contribution in [0.25, 0.3) is 0 Å². The van der Waals surface area contributed by atoms with Crippen LogP contribution in [0, 0.1) is 5.92 Å². The number of rotatable bonds is 5. The maximum atomic E-state index is 12.9. The first kappa shape index (κ1) is 20.3. The number of hydrogen-bond acceptors (Lipinski definition) is 6. The number of carbonyl (C=O) groups is 2. The van der Waals surface area contributed by atoms with E-state index in [4.69, 9.17) is 20.8 Å². The molecule has 3 unspecified atom stereocenters. The molecule has 0 radical (unpaired) electrons. The molecule has 2 amide bonds. The average Bonchev–Trinajstić information content (AvgIpc) is 3.22. The SMILES string of the molecule is CCc1ncc(C(=O)NC2CC3(NC(=O)[C@H]4C[C@@H](O)c5cc(Cl)ccc5O4)CCC23)o1. The van der Waals surface area contributed by atoms with Crippen LogP contribution < -0.4 is 15.4 Å². The Morgan fingerprint density at radius 2 is 2.23 bits per heavy atom. The number of aryl methyl sites for hydroxylation is 1. The molecule has 3 aliphatic rings. The molecule has 1 aliphatic heterocycles. The first-order valence-corrected chi connectivity index (χ1v) is 11.0. The van der Waals surface area contributed by atoms with Gasteiger partial charge in [-0.2, -0.15) is 0 Å². The Bertz CT molecular complexity index is 1040. The van der Waals surface area contributed by atoms with E-state index in [0.29, 0.717) is 35.1 Å². The molecule has 3 N–H and O–H groups in total. The predicted octanol–water partition coefficient (Wildman–Crippen LogP) is 2.54. The van der Waals surface area contributed by atoms with Gasteiger partial charge in [0.25, 0.3) is 11.8 Å². The van der Waals surface area contributed by atoms with Crippen LogP contribution in [0.2, 0.25) is 5.02 Å². The Morgan fingerprint density at radius 3 is 2.90 bits per heavy atom. The normalized spacial score (nSPS) is 30.7. The Morgan fingerprint density at radius 1 is 1.39 bits per heavy atom. The highest BCUT2D eigenvalue weighted by atomic mass is 35.5. The number of aromatic nitrogens is 1. The number of aliphatic hydroxyl groups excluding tert-OH is 1. The van der Waals surface area contributed by atoms with Crippen molar-refractivity contribution in [1.29, 1.82) is 0 Å². The second-order valence-corrected chi connectivity index (χ2v) is 9.02. The summed E-state index contributed by atoms with van der Waals surface area (Å²) in [5.41, 5.74) is 0.279. The second-order valence-electron chi connectivity index (χ2n) is 8.59. The third-order valence-electron chi connectivity index (χ3n) is 6.78. The van der Waals surface area contributed by atoms with Crippen LogP contribution in [0.1, 0.15) is 60.7 Å². The van der Waals surface area contributed by atoms with E-state index in [2.05, 4.69) is 15.6 Å². The number of nitrogens with one attached hydrogen (secondary N) is 2. The van der Waals surface area contributed by atoms with Crippen LogP contribution in [0.3, 0.4) is 0 Å². The summed E-state index contributed by atoms with van der Waals surface area (Å²) in [6.45, 7) is 1.91. The minimum atomic E-state index is -0.809. The Balaban J connectivity index is 1.19. The number of hydrogen-bond donors (Lipinski definition) is 3. The lowest BCUT2D eigenvalue weighted by Crippen LogP contribution is -2.76. The van der Waals surface area contributed by atoms with Crippen LogP contribution in [-0.2, 0) is 11.2 Å². The fraction of sp³-hybridized carbons (Fsp3) is 0.500. The number of aliphatic hydroxyl groups is 1. The molecular formula is C22H24ClN3O5. The van der Waals surface area contributed by atoms with E-state index in [1.165, 1.54) is 6.20 Å². The predicted molar refractivity (Wildman–Crippen MR) is 111 cm³/mol. The molecule has 8 nitrogen and oxygen atoms in total. The number of oxazole rings is 1. The van der Waals surface area contributed by atoms with Crippen molar-refractivity contribution in [1.82, 2.24) is 15.6 Å². The van der Waals surface area contributed by atoms with Crippen molar-refractivity contribution < 1.29 is 23.8 Å². The molecule has 2 aliphatic carbocycles. The molecule has 5 rings (SSSR count). The van der Waals surface area contributed by atoms with Crippen LogP contribution in [0.4, 0.5) is 0 Å². The molecular weight excluding hydrogens is 422 g/mol. The zero-order valence-corrected chi connectivity index (χ0v) is 17.8. The van der Waals surface area contributed by atoms with E-state index in [-0.39, 0.29) is 41.5 Å². The number of carbonyl (C=O) groups excluding carboxylic acids is 2. The van der Waals surface area contributed by atoms with E-state index in [9.17, 15) is 14.7 Å². The summed E-state index contributed by atoms with van der Waals surface area (Å²) < 4.78 is 11.3. The molecule has 5 atom stereocenters. The van der Waals surface area contributed by atoms with Gasteiger partial charge in [0, 0.05) is 40.9 Å². The van der Waals surface area contributed by atoms with Gasteiger partial charge in [-0.1, -0.05) is 18.5 Å². The highest BCUT2D eigenvalue weighted by Crippen LogP contribution is 2.54. The molecule has 2 saturated carbocycles. The molecule has 1 aromatic carbocycles. The molecule has 9 heteroatoms. The molecule has 164 valence electrons. The van der Waals surface area contributed by atoms with Crippen molar-refractivity contribution in [3.63, 3.8) is 0 Å². The first-order chi connectivity index (χ1) is 14.9. The molecule has 0 spiro atoms. The number of amides is 2. The average molecular weight is 446 g/mol. The molecule has 31 heavy (non-hydrogen) atoms. The van der Waals surface area contributed by atoms with Crippen LogP contribution >= 0.6 is 11.6 Å². The fourth-order valence-corrected chi connectivity index (χ4v) is 5.13. The maximum Gasteiger partial charge on any atom is 0.288 e. The smallest absolute Gasteiger partial charge is 0.288 e. The van der Waals surface area contributed by atoms with E-state index in [0.717, 1.165) is 12.8 Å². The molecule has 2 heterocycles. The van der Waals surface area contributed by atoms with Crippen molar-refractivity contribution in [2.45, 2.75) is 62.8 Å². The van der Waals surface area contributed by atoms with E-state index < -0.39 is 12.2 Å². The van der Waals surface area contributed by atoms with Crippen molar-refractivity contribution in [2.24, 2.45) is 5.92 Å². The van der Waals surface area contributed by atoms with Gasteiger partial charge in [0.05, 0.1) is 12.3 Å². The van der Waals surface area contributed by atoms with Gasteiger partial charge in [0.15, 0.2) is 12.0 Å². The Kier molecular flexibility index (Phi) is 4.94. The number of nitrogens with zero attached hydrogens (tertiary/aromatic N) is 1. The van der Waals surface area contributed by atoms with Crippen molar-refractivity contribution in [3.05, 3.63) is 46.6 Å². The number of fused-ring (bicyclic) bond motifs is 2. The Labute approximate surface area is 184 Å². The van der Waals surface area contributed by atoms with E-state index in [1.54, 1.807) is 18.2 Å². The quantitative estimate of drug-likeness (QED) is 0.651. The second kappa shape index (κ2) is 7.53. The van der Waals surface area contributed by atoms with E-state index >= 15 is 0 Å². The van der Waals surface area contributed by atoms with Crippen LogP contribution in [0.15, 0.2) is 28.8 Å². The topological polar surface area (TPSA) is 114 Å². The number of halogens is 1. The van der Waals surface area contributed by atoms with Gasteiger partial charge < -0.3 is 24.9 Å². The number of benzene rings is 1. The molecule has 0 saturated heterocycles. The Hall–Kier alpha value is -2.58. The monoisotopic (exact) mass is 445 g/mol. The van der Waals surface area contributed by atoms with Crippen LogP contribution in [-0.4, -0.2) is 39.6 Å². The van der Waals surface area contributed by atoms with Gasteiger partial charge in [0.1, 0.15) is 5.75 Å². The van der Waals surface area contributed by atoms with Crippen molar-refractivity contribution >= 4 is 23.4 Å². The molecule has 2 aromatic rings. The summed E-state index contributed by atoms with van der Waals surface area (Å²) in [6, 6.07) is 4.99. The van der Waals surface area contributed by atoms with Crippen LogP contribution in [0.5, 0.6) is 5.75 Å². The lowest BCUT2D eigenvalue weighted by molar-refractivity contribution is -0.141. The maximum absolute atomic E-state index is 12.9. The van der Waals surface area contributed by atoms with Crippen molar-refractivity contribution in [3.8, 4) is 5.75 Å². The van der Waals surface area contributed by atoms with Gasteiger partial charge >= 0.3 is 0 Å². The van der Waals surface area contributed by atoms with Gasteiger partial charge in [-0.05, 0) is 37.5 Å². The standard InChI is InChI=1S/C22H24ClN3O5/c1-2-19-24-10-18(31-19)20(28)25-14-9-22(6-5-13(14)22)26-21(29)17-8-15(27)12-7-11(23)3-4-16(12)30-17/h3-4,7,10,13-15,17,27H,2,5-6,8-9H2,1H3,(H,25,28)(H,26,29)/t13?,14?,15-,17-,22?/m1/s1. The zero-order chi connectivity index (χ0) is 21.8. The van der Waals surface area contributed by atoms with Gasteiger partial charge in [-0.15, -0.1) is 0 Å². The summed E-state index contributed by atoms with van der Waals surface area (Å²) in [6.07, 6.45) is 3.11. The lowest BCUT2D eigenvalue weighted by atomic mass is 9.50. The fourth-order valence-electron chi connectivity index (χ4n) is 4.95. The molecule has 2 fully saturated rings. The summed E-state index contributed by atoms with van der Waals surface area (Å²) in [5, 5.41) is 17.1. The highest BCUT2D eigenvalue weighted by Gasteiger charge is 2.61. The summed E-state index contributed by atoms with van der Waals surface area (Å²) in [7, 11) is 0. The third kappa shape index (κ3) is 3.47. The first-order valence-electron chi connectivity index (χ1n) is 10.6. The summed E-state index contributed by atoms with van der Waals surface area (Å²) in [5.74, 6) is 0.871. The molecule has 0 bridgehead atoms.